The summed E-state index contributed by atoms with van der Waals surface area (Å²) in [4.78, 5) is 18.2. The summed E-state index contributed by atoms with van der Waals surface area (Å²) >= 11 is 6.02. The molecule has 20 heavy (non-hydrogen) atoms. The number of rotatable bonds is 5. The first-order valence-corrected chi connectivity index (χ1v) is 7.03. The maximum absolute atomic E-state index is 12.3. The Labute approximate surface area is 124 Å². The van der Waals surface area contributed by atoms with Gasteiger partial charge in [-0.1, -0.05) is 30.7 Å². The molecule has 1 aromatic heterocycles. The Bertz CT molecular complexity index is 572. The number of aromatic nitrogens is 1. The zero-order valence-electron chi connectivity index (χ0n) is 11.4. The van der Waals surface area contributed by atoms with Gasteiger partial charge in [0.2, 0.25) is 5.91 Å². The Kier molecular flexibility index (Phi) is 5.13. The summed E-state index contributed by atoms with van der Waals surface area (Å²) in [5.74, 6) is 0.0959. The van der Waals surface area contributed by atoms with E-state index in [4.69, 9.17) is 11.6 Å². The second kappa shape index (κ2) is 7.06. The van der Waals surface area contributed by atoms with E-state index in [1.807, 2.05) is 37.3 Å². The van der Waals surface area contributed by atoms with E-state index < -0.39 is 0 Å². The molecule has 1 heterocycles. The third kappa shape index (κ3) is 3.81. The lowest BCUT2D eigenvalue weighted by atomic mass is 10.2. The number of carbonyl (C=O) groups is 1. The van der Waals surface area contributed by atoms with Crippen LogP contribution >= 0.6 is 11.6 Å². The number of pyridine rings is 1. The van der Waals surface area contributed by atoms with E-state index in [9.17, 15) is 4.79 Å². The van der Waals surface area contributed by atoms with Crippen LogP contribution in [0.1, 0.15) is 25.3 Å². The fraction of sp³-hybridized carbons (Fsp3) is 0.250. The van der Waals surface area contributed by atoms with Gasteiger partial charge in [0.1, 0.15) is 0 Å². The quantitative estimate of drug-likeness (QED) is 0.831. The molecule has 0 bridgehead atoms. The van der Waals surface area contributed by atoms with Crippen LogP contribution in [-0.4, -0.2) is 10.9 Å². The molecule has 0 aliphatic heterocycles. The maximum Gasteiger partial charge on any atom is 0.227 e. The van der Waals surface area contributed by atoms with Crippen LogP contribution in [0.15, 0.2) is 48.8 Å². The molecule has 0 radical (unpaired) electrons. The summed E-state index contributed by atoms with van der Waals surface area (Å²) in [6.45, 7) is 2.51. The molecular formula is C16H17ClN2O. The Morgan fingerprint density at radius 1 is 1.30 bits per heavy atom. The van der Waals surface area contributed by atoms with Gasteiger partial charge in [-0.3, -0.25) is 9.78 Å². The molecule has 0 aliphatic carbocycles. The molecule has 0 atom stereocenters. The second-order valence-corrected chi connectivity index (χ2v) is 5.01. The van der Waals surface area contributed by atoms with Gasteiger partial charge in [-0.15, -0.1) is 0 Å². The highest BCUT2D eigenvalue weighted by molar-refractivity contribution is 6.30. The molecule has 2 aromatic rings. The fourth-order valence-electron chi connectivity index (χ4n) is 1.99. The van der Waals surface area contributed by atoms with Crippen molar-refractivity contribution in [2.75, 3.05) is 4.90 Å². The van der Waals surface area contributed by atoms with Gasteiger partial charge < -0.3 is 4.90 Å². The van der Waals surface area contributed by atoms with Crippen LogP contribution in [-0.2, 0) is 11.3 Å². The zero-order chi connectivity index (χ0) is 14.4. The van der Waals surface area contributed by atoms with E-state index in [1.165, 1.54) is 0 Å². The van der Waals surface area contributed by atoms with Crippen LogP contribution in [0.2, 0.25) is 5.02 Å². The minimum absolute atomic E-state index is 0.0959. The van der Waals surface area contributed by atoms with Crippen molar-refractivity contribution in [1.82, 2.24) is 4.98 Å². The lowest BCUT2D eigenvalue weighted by Gasteiger charge is -2.23. The van der Waals surface area contributed by atoms with Crippen LogP contribution in [0.25, 0.3) is 0 Å². The molecule has 1 aromatic carbocycles. The van der Waals surface area contributed by atoms with Crippen molar-refractivity contribution < 1.29 is 4.79 Å². The third-order valence-electron chi connectivity index (χ3n) is 2.95. The SMILES string of the molecule is CCCC(=O)N(Cc1cccnc1)c1cccc(Cl)c1. The van der Waals surface area contributed by atoms with Gasteiger partial charge >= 0.3 is 0 Å². The summed E-state index contributed by atoms with van der Waals surface area (Å²) in [7, 11) is 0. The van der Waals surface area contributed by atoms with Crippen LogP contribution in [0.4, 0.5) is 5.69 Å². The molecule has 2 rings (SSSR count). The number of halogens is 1. The van der Waals surface area contributed by atoms with Crippen LogP contribution in [0.3, 0.4) is 0 Å². The molecular weight excluding hydrogens is 272 g/mol. The van der Waals surface area contributed by atoms with Gasteiger partial charge in [-0.2, -0.15) is 0 Å². The molecule has 0 aliphatic rings. The normalized spacial score (nSPS) is 10.3. The van der Waals surface area contributed by atoms with E-state index in [0.717, 1.165) is 17.7 Å². The number of anilines is 1. The average Bonchev–Trinajstić information content (AvgIpc) is 2.46. The lowest BCUT2D eigenvalue weighted by molar-refractivity contribution is -0.118. The number of amides is 1. The summed E-state index contributed by atoms with van der Waals surface area (Å²) in [6.07, 6.45) is 4.84. The number of hydrogen-bond donors (Lipinski definition) is 0. The highest BCUT2D eigenvalue weighted by Gasteiger charge is 2.15. The summed E-state index contributed by atoms with van der Waals surface area (Å²) < 4.78 is 0. The summed E-state index contributed by atoms with van der Waals surface area (Å²) in [5, 5.41) is 0.628. The zero-order valence-corrected chi connectivity index (χ0v) is 12.2. The molecule has 0 saturated carbocycles. The van der Waals surface area contributed by atoms with E-state index in [1.54, 1.807) is 23.4 Å². The van der Waals surface area contributed by atoms with Crippen molar-refractivity contribution in [2.45, 2.75) is 26.3 Å². The highest BCUT2D eigenvalue weighted by Crippen LogP contribution is 2.22. The number of nitrogens with zero attached hydrogens (tertiary/aromatic N) is 2. The van der Waals surface area contributed by atoms with Crippen LogP contribution < -0.4 is 4.90 Å². The molecule has 0 spiro atoms. The third-order valence-corrected chi connectivity index (χ3v) is 3.18. The Morgan fingerprint density at radius 2 is 2.15 bits per heavy atom. The van der Waals surface area contributed by atoms with Crippen LogP contribution in [0.5, 0.6) is 0 Å². The van der Waals surface area contributed by atoms with Gasteiger partial charge in [0, 0.05) is 29.5 Å². The van der Waals surface area contributed by atoms with E-state index in [2.05, 4.69) is 4.98 Å². The maximum atomic E-state index is 12.3. The van der Waals surface area contributed by atoms with Crippen LogP contribution in [0, 0.1) is 0 Å². The molecule has 0 unspecified atom stereocenters. The highest BCUT2D eigenvalue weighted by atomic mass is 35.5. The molecule has 4 heteroatoms. The summed E-state index contributed by atoms with van der Waals surface area (Å²) in [6, 6.07) is 11.2. The second-order valence-electron chi connectivity index (χ2n) is 4.57. The largest absolute Gasteiger partial charge is 0.308 e. The van der Waals surface area contributed by atoms with Crippen molar-refractivity contribution in [3.05, 3.63) is 59.4 Å². The minimum Gasteiger partial charge on any atom is -0.308 e. The van der Waals surface area contributed by atoms with E-state index >= 15 is 0 Å². The number of hydrogen-bond acceptors (Lipinski definition) is 2. The molecule has 1 amide bonds. The number of carbonyl (C=O) groups excluding carboxylic acids is 1. The standard InChI is InChI=1S/C16H17ClN2O/c1-2-5-16(20)19(12-13-6-4-9-18-11-13)15-8-3-7-14(17)10-15/h3-4,6-11H,2,5,12H2,1H3. The topological polar surface area (TPSA) is 33.2 Å². The fourth-order valence-corrected chi connectivity index (χ4v) is 2.18. The molecule has 3 nitrogen and oxygen atoms in total. The first kappa shape index (κ1) is 14.5. The van der Waals surface area contributed by atoms with Gasteiger partial charge in [-0.05, 0) is 36.2 Å². The average molecular weight is 289 g/mol. The van der Waals surface area contributed by atoms with Crippen molar-refractivity contribution >= 4 is 23.2 Å². The molecule has 0 N–H and O–H groups in total. The smallest absolute Gasteiger partial charge is 0.227 e. The first-order valence-electron chi connectivity index (χ1n) is 6.65. The molecule has 104 valence electrons. The van der Waals surface area contributed by atoms with Crippen molar-refractivity contribution in [3.8, 4) is 0 Å². The van der Waals surface area contributed by atoms with Gasteiger partial charge in [0.25, 0.3) is 0 Å². The van der Waals surface area contributed by atoms with Crippen molar-refractivity contribution in [2.24, 2.45) is 0 Å². The Hall–Kier alpha value is -1.87. The van der Waals surface area contributed by atoms with E-state index in [0.29, 0.717) is 18.0 Å². The molecule has 0 fully saturated rings. The number of benzene rings is 1. The summed E-state index contributed by atoms with van der Waals surface area (Å²) in [5.41, 5.74) is 1.82. The van der Waals surface area contributed by atoms with Crippen molar-refractivity contribution in [1.29, 1.82) is 0 Å². The van der Waals surface area contributed by atoms with Gasteiger partial charge in [0.15, 0.2) is 0 Å². The first-order chi connectivity index (χ1) is 9.70. The predicted octanol–water partition coefficient (Wildman–Crippen LogP) is 4.07. The molecule has 0 saturated heterocycles. The Morgan fingerprint density at radius 3 is 2.80 bits per heavy atom. The predicted molar refractivity (Wildman–Crippen MR) is 81.8 cm³/mol. The Balaban J connectivity index is 2.27. The monoisotopic (exact) mass is 288 g/mol. The van der Waals surface area contributed by atoms with Gasteiger partial charge in [-0.25, -0.2) is 0 Å². The minimum atomic E-state index is 0.0959. The van der Waals surface area contributed by atoms with Gasteiger partial charge in [0.05, 0.1) is 6.54 Å². The van der Waals surface area contributed by atoms with Crippen molar-refractivity contribution in [3.63, 3.8) is 0 Å². The lowest BCUT2D eigenvalue weighted by Crippen LogP contribution is -2.30. The van der Waals surface area contributed by atoms with E-state index in [-0.39, 0.29) is 5.91 Å².